The molecule has 10 nitrogen and oxygen atoms in total. The third kappa shape index (κ3) is 7.93. The van der Waals surface area contributed by atoms with E-state index in [9.17, 15) is 13.2 Å². The van der Waals surface area contributed by atoms with Gasteiger partial charge in [-0.05, 0) is 63.0 Å². The second-order valence-corrected chi connectivity index (χ2v) is 10.5. The van der Waals surface area contributed by atoms with Crippen LogP contribution in [0.1, 0.15) is 22.3 Å². The van der Waals surface area contributed by atoms with Crippen LogP contribution in [-0.4, -0.2) is 77.2 Å². The number of hydrogen-bond donors (Lipinski definition) is 3. The first-order valence-electron chi connectivity index (χ1n) is 13.9. The molecule has 0 fully saturated rings. The molecule has 4 rings (SSSR count). The number of rotatable bonds is 14. The Morgan fingerprint density at radius 3 is 2.21 bits per heavy atom. The second kappa shape index (κ2) is 14.0. The van der Waals surface area contributed by atoms with Gasteiger partial charge in [0, 0.05) is 67.7 Å². The summed E-state index contributed by atoms with van der Waals surface area (Å²) in [6.45, 7) is 5.38. The number of aromatic nitrogens is 4. The molecule has 2 aromatic carbocycles. The fraction of sp³-hybridized carbons (Fsp3) is 0.400. The summed E-state index contributed by atoms with van der Waals surface area (Å²) in [5, 5.41) is 11.9. The van der Waals surface area contributed by atoms with E-state index in [0.717, 1.165) is 35.0 Å². The SMILES string of the molecule is COc1ccc(-c2nn(COc3ccc(-c4[nH]ncc4CN(C)CCN)c(C)c3)cc2CN(C)CCN)c(C(F)(F)F)c1. The molecule has 0 aliphatic rings. The zero-order chi connectivity index (χ0) is 31.1. The van der Waals surface area contributed by atoms with Crippen molar-refractivity contribution in [3.05, 3.63) is 71.0 Å². The molecule has 0 spiro atoms. The summed E-state index contributed by atoms with van der Waals surface area (Å²) in [6, 6.07) is 9.60. The largest absolute Gasteiger partial charge is 0.497 e. The normalized spacial score (nSPS) is 12.0. The fourth-order valence-corrected chi connectivity index (χ4v) is 4.95. The van der Waals surface area contributed by atoms with Crippen LogP contribution in [0.5, 0.6) is 11.5 Å². The van der Waals surface area contributed by atoms with E-state index < -0.39 is 11.7 Å². The molecule has 13 heteroatoms. The Kier molecular flexibility index (Phi) is 10.5. The molecule has 0 saturated carbocycles. The number of halogens is 3. The lowest BCUT2D eigenvalue weighted by Gasteiger charge is -2.17. The summed E-state index contributed by atoms with van der Waals surface area (Å²) in [7, 11) is 5.20. The summed E-state index contributed by atoms with van der Waals surface area (Å²) < 4.78 is 54.8. The van der Waals surface area contributed by atoms with E-state index in [-0.39, 0.29) is 23.7 Å². The highest BCUT2D eigenvalue weighted by Crippen LogP contribution is 2.40. The predicted octanol–water partition coefficient (Wildman–Crippen LogP) is 4.09. The van der Waals surface area contributed by atoms with Crippen molar-refractivity contribution in [3.63, 3.8) is 0 Å². The average molecular weight is 601 g/mol. The highest BCUT2D eigenvalue weighted by atomic mass is 19.4. The van der Waals surface area contributed by atoms with Gasteiger partial charge in [-0.2, -0.15) is 23.4 Å². The molecule has 0 saturated heterocycles. The van der Waals surface area contributed by atoms with E-state index in [0.29, 0.717) is 44.0 Å². The molecule has 0 unspecified atom stereocenters. The first-order chi connectivity index (χ1) is 20.5. The third-order valence-electron chi connectivity index (χ3n) is 7.08. The Bertz CT molecular complexity index is 1500. The molecule has 2 aromatic heterocycles. The molecule has 5 N–H and O–H groups in total. The number of likely N-dealkylation sites (N-methyl/N-ethyl adjacent to an activating group) is 2. The number of aromatic amines is 1. The van der Waals surface area contributed by atoms with Crippen LogP contribution in [0.3, 0.4) is 0 Å². The highest BCUT2D eigenvalue weighted by molar-refractivity contribution is 5.69. The predicted molar refractivity (Wildman–Crippen MR) is 159 cm³/mol. The lowest BCUT2D eigenvalue weighted by molar-refractivity contribution is -0.137. The minimum atomic E-state index is -4.60. The monoisotopic (exact) mass is 600 g/mol. The van der Waals surface area contributed by atoms with Crippen LogP contribution in [0.4, 0.5) is 13.2 Å². The Hall–Kier alpha value is -3.91. The molecule has 232 valence electrons. The van der Waals surface area contributed by atoms with Crippen molar-refractivity contribution in [2.75, 3.05) is 47.4 Å². The maximum atomic E-state index is 14.1. The molecule has 4 aromatic rings. The highest BCUT2D eigenvalue weighted by Gasteiger charge is 2.35. The molecule has 0 radical (unpaired) electrons. The lowest BCUT2D eigenvalue weighted by atomic mass is 10.0. The van der Waals surface area contributed by atoms with Crippen LogP contribution in [0.15, 0.2) is 48.8 Å². The van der Waals surface area contributed by atoms with Crippen molar-refractivity contribution in [2.24, 2.45) is 11.5 Å². The number of hydrogen-bond acceptors (Lipinski definition) is 8. The summed E-state index contributed by atoms with van der Waals surface area (Å²) in [4.78, 5) is 4.06. The minimum Gasteiger partial charge on any atom is -0.497 e. The molecule has 0 bridgehead atoms. The number of aryl methyl sites for hydroxylation is 1. The number of alkyl halides is 3. The second-order valence-electron chi connectivity index (χ2n) is 10.5. The zero-order valence-corrected chi connectivity index (χ0v) is 24.9. The molecule has 0 amide bonds. The third-order valence-corrected chi connectivity index (χ3v) is 7.08. The standard InChI is InChI=1S/C30H39F3N8O2/c1-20-13-24(6-7-25(20)28-21(15-36-37-28)16-39(2)11-9-34)43-19-41-18-22(17-40(3)12-10-35)29(38-41)26-8-5-23(42-4)14-27(26)30(31,32)33/h5-8,13-15,18H,9-12,16-17,19,34-35H2,1-4H3,(H,36,37). The van der Waals surface area contributed by atoms with Gasteiger partial charge in [-0.1, -0.05) is 0 Å². The number of nitrogens with one attached hydrogen (secondary N) is 1. The van der Waals surface area contributed by atoms with Crippen molar-refractivity contribution in [3.8, 4) is 34.0 Å². The first kappa shape index (κ1) is 32.0. The van der Waals surface area contributed by atoms with E-state index in [4.69, 9.17) is 20.9 Å². The molecular weight excluding hydrogens is 561 g/mol. The van der Waals surface area contributed by atoms with E-state index in [1.165, 1.54) is 23.9 Å². The average Bonchev–Trinajstić information content (AvgIpc) is 3.58. The fourth-order valence-electron chi connectivity index (χ4n) is 4.95. The van der Waals surface area contributed by atoms with Crippen molar-refractivity contribution in [1.29, 1.82) is 0 Å². The smallest absolute Gasteiger partial charge is 0.417 e. The number of benzene rings is 2. The van der Waals surface area contributed by atoms with Crippen LogP contribution in [0, 0.1) is 6.92 Å². The molecule has 0 aliphatic heterocycles. The van der Waals surface area contributed by atoms with Gasteiger partial charge in [0.25, 0.3) is 0 Å². The Morgan fingerprint density at radius 2 is 1.58 bits per heavy atom. The van der Waals surface area contributed by atoms with E-state index >= 15 is 0 Å². The van der Waals surface area contributed by atoms with E-state index in [1.54, 1.807) is 6.20 Å². The van der Waals surface area contributed by atoms with Crippen molar-refractivity contribution in [2.45, 2.75) is 32.9 Å². The van der Waals surface area contributed by atoms with Crippen LogP contribution in [-0.2, 0) is 26.0 Å². The molecule has 43 heavy (non-hydrogen) atoms. The maximum absolute atomic E-state index is 14.1. The van der Waals surface area contributed by atoms with Crippen molar-refractivity contribution >= 4 is 0 Å². The summed E-state index contributed by atoms with van der Waals surface area (Å²) in [5.74, 6) is 0.714. The van der Waals surface area contributed by atoms with Gasteiger partial charge in [-0.3, -0.25) is 5.10 Å². The van der Waals surface area contributed by atoms with Crippen LogP contribution in [0.25, 0.3) is 22.5 Å². The van der Waals surface area contributed by atoms with Crippen LogP contribution in [0.2, 0.25) is 0 Å². The number of nitrogens with two attached hydrogens (primary N) is 2. The van der Waals surface area contributed by atoms with Gasteiger partial charge in [-0.15, -0.1) is 0 Å². The number of nitrogens with zero attached hydrogens (tertiary/aromatic N) is 5. The van der Waals surface area contributed by atoms with Gasteiger partial charge < -0.3 is 30.7 Å². The number of methoxy groups -OCH3 is 1. The van der Waals surface area contributed by atoms with Crippen LogP contribution < -0.4 is 20.9 Å². The summed E-state index contributed by atoms with van der Waals surface area (Å²) in [5.41, 5.74) is 15.3. The molecule has 0 atom stereocenters. The van der Waals surface area contributed by atoms with Crippen LogP contribution >= 0.6 is 0 Å². The first-order valence-corrected chi connectivity index (χ1v) is 13.9. The Labute approximate surface area is 249 Å². The van der Waals surface area contributed by atoms with Gasteiger partial charge in [0.05, 0.1) is 30.3 Å². The lowest BCUT2D eigenvalue weighted by Crippen LogP contribution is -2.25. The van der Waals surface area contributed by atoms with Gasteiger partial charge in [-0.25, -0.2) is 4.68 Å². The Balaban J connectivity index is 1.59. The topological polar surface area (TPSA) is 123 Å². The Morgan fingerprint density at radius 1 is 0.930 bits per heavy atom. The maximum Gasteiger partial charge on any atom is 0.417 e. The molecule has 0 aliphatic carbocycles. The van der Waals surface area contributed by atoms with Gasteiger partial charge in [0.1, 0.15) is 11.5 Å². The summed E-state index contributed by atoms with van der Waals surface area (Å²) in [6.07, 6.45) is -1.07. The quantitative estimate of drug-likeness (QED) is 0.198. The van der Waals surface area contributed by atoms with Gasteiger partial charge in [0.15, 0.2) is 6.73 Å². The van der Waals surface area contributed by atoms with E-state index in [1.807, 2.05) is 50.3 Å². The number of ether oxygens (including phenoxy) is 2. The summed E-state index contributed by atoms with van der Waals surface area (Å²) >= 11 is 0. The molecule has 2 heterocycles. The van der Waals surface area contributed by atoms with Crippen molar-refractivity contribution < 1.29 is 22.6 Å². The molecular formula is C30H39F3N8O2. The zero-order valence-electron chi connectivity index (χ0n) is 24.9. The van der Waals surface area contributed by atoms with Crippen molar-refractivity contribution in [1.82, 2.24) is 29.8 Å². The van der Waals surface area contributed by atoms with E-state index in [2.05, 4.69) is 20.2 Å². The van der Waals surface area contributed by atoms with Gasteiger partial charge in [0.2, 0.25) is 0 Å². The minimum absolute atomic E-state index is 0.00306. The van der Waals surface area contributed by atoms with Gasteiger partial charge >= 0.3 is 6.18 Å². The number of H-pyrrole nitrogens is 1.